The molecule has 1 saturated heterocycles. The Kier molecular flexibility index (Phi) is 5.44. The molecule has 0 unspecified atom stereocenters. The summed E-state index contributed by atoms with van der Waals surface area (Å²) in [4.78, 5) is 29.4. The number of hydrogen-bond donors (Lipinski definition) is 4. The Labute approximate surface area is 173 Å². The second-order valence-electron chi connectivity index (χ2n) is 7.28. The van der Waals surface area contributed by atoms with E-state index >= 15 is 0 Å². The number of aryl methyl sites for hydroxylation is 1. The Morgan fingerprint density at radius 1 is 1.20 bits per heavy atom. The molecule has 2 amide bonds. The molecule has 0 aliphatic carbocycles. The molecule has 3 heterocycles. The first-order valence-electron chi connectivity index (χ1n) is 9.64. The van der Waals surface area contributed by atoms with Gasteiger partial charge in [0.1, 0.15) is 5.82 Å². The standard InChI is InChI=1S/C21H23N7O2/c1-28-12-14(10-25-28)13-7-17(19(22)24-9-13)20(29)27-16-8-18(23-11-16)21(30)26-15-5-3-2-4-6-15/h2-7,9-10,12,16,18,23H,8,11H2,1H3,(H2,22,24)(H,26,30)(H,27,29)/t16-,18+/m1/s1. The highest BCUT2D eigenvalue weighted by atomic mass is 16.2. The zero-order chi connectivity index (χ0) is 21.1. The predicted molar refractivity (Wildman–Crippen MR) is 114 cm³/mol. The Hall–Kier alpha value is -3.72. The average molecular weight is 405 g/mol. The number of amides is 2. The summed E-state index contributed by atoms with van der Waals surface area (Å²) in [5.41, 5.74) is 8.58. The van der Waals surface area contributed by atoms with Crippen LogP contribution in [0, 0.1) is 0 Å². The number of nitrogens with zero attached hydrogens (tertiary/aromatic N) is 3. The lowest BCUT2D eigenvalue weighted by Gasteiger charge is -2.14. The van der Waals surface area contributed by atoms with Gasteiger partial charge in [-0.3, -0.25) is 14.3 Å². The number of pyridine rings is 1. The largest absolute Gasteiger partial charge is 0.383 e. The molecule has 0 bridgehead atoms. The monoisotopic (exact) mass is 405 g/mol. The van der Waals surface area contributed by atoms with Crippen LogP contribution in [-0.2, 0) is 11.8 Å². The third-order valence-electron chi connectivity index (χ3n) is 5.03. The number of rotatable bonds is 5. The zero-order valence-corrected chi connectivity index (χ0v) is 16.5. The number of hydrogen-bond acceptors (Lipinski definition) is 6. The van der Waals surface area contributed by atoms with Crippen molar-refractivity contribution >= 4 is 23.3 Å². The maximum Gasteiger partial charge on any atom is 0.255 e. The lowest BCUT2D eigenvalue weighted by Crippen LogP contribution is -2.36. The van der Waals surface area contributed by atoms with Gasteiger partial charge in [0.15, 0.2) is 0 Å². The Bertz CT molecular complexity index is 1060. The summed E-state index contributed by atoms with van der Waals surface area (Å²) in [6, 6.07) is 10.4. The minimum absolute atomic E-state index is 0.127. The van der Waals surface area contributed by atoms with Gasteiger partial charge in [-0.25, -0.2) is 4.98 Å². The molecule has 1 fully saturated rings. The quantitative estimate of drug-likeness (QED) is 0.505. The topological polar surface area (TPSA) is 127 Å². The van der Waals surface area contributed by atoms with Crippen molar-refractivity contribution in [3.63, 3.8) is 0 Å². The Morgan fingerprint density at radius 2 is 2.00 bits per heavy atom. The van der Waals surface area contributed by atoms with Crippen molar-refractivity contribution in [3.05, 3.63) is 60.6 Å². The number of benzene rings is 1. The van der Waals surface area contributed by atoms with Crippen LogP contribution in [0.1, 0.15) is 16.8 Å². The van der Waals surface area contributed by atoms with Crippen LogP contribution in [0.15, 0.2) is 55.0 Å². The van der Waals surface area contributed by atoms with Gasteiger partial charge in [-0.1, -0.05) is 18.2 Å². The van der Waals surface area contributed by atoms with Gasteiger partial charge in [0.2, 0.25) is 5.91 Å². The summed E-state index contributed by atoms with van der Waals surface area (Å²) in [6.45, 7) is 0.494. The van der Waals surface area contributed by atoms with Gasteiger partial charge in [-0.2, -0.15) is 5.10 Å². The highest BCUT2D eigenvalue weighted by molar-refractivity contribution is 6.00. The number of nitrogens with one attached hydrogen (secondary N) is 3. The van der Waals surface area contributed by atoms with Crippen LogP contribution in [0.2, 0.25) is 0 Å². The van der Waals surface area contributed by atoms with Crippen LogP contribution in [0.3, 0.4) is 0 Å². The van der Waals surface area contributed by atoms with Crippen molar-refractivity contribution in [2.45, 2.75) is 18.5 Å². The molecule has 30 heavy (non-hydrogen) atoms. The normalized spacial score (nSPS) is 18.2. The molecule has 0 spiro atoms. The second kappa shape index (κ2) is 8.34. The number of carbonyl (C=O) groups is 2. The fourth-order valence-electron chi connectivity index (χ4n) is 3.44. The van der Waals surface area contributed by atoms with Gasteiger partial charge >= 0.3 is 0 Å². The van der Waals surface area contributed by atoms with E-state index in [1.807, 2.05) is 43.6 Å². The van der Waals surface area contributed by atoms with Crippen LogP contribution >= 0.6 is 0 Å². The summed E-state index contributed by atoms with van der Waals surface area (Å²) in [7, 11) is 1.82. The molecule has 1 aliphatic heterocycles. The third-order valence-corrected chi connectivity index (χ3v) is 5.03. The van der Waals surface area contributed by atoms with E-state index in [-0.39, 0.29) is 29.7 Å². The average Bonchev–Trinajstić information content (AvgIpc) is 3.38. The molecule has 2 aromatic heterocycles. The fraction of sp³-hybridized carbons (Fsp3) is 0.238. The number of nitrogens with two attached hydrogens (primary N) is 1. The lowest BCUT2D eigenvalue weighted by atomic mass is 10.1. The first kappa shape index (κ1) is 19.6. The van der Waals surface area contributed by atoms with Gasteiger partial charge < -0.3 is 21.7 Å². The van der Waals surface area contributed by atoms with E-state index in [0.717, 1.165) is 16.8 Å². The van der Waals surface area contributed by atoms with E-state index < -0.39 is 0 Å². The van der Waals surface area contributed by atoms with Crippen molar-refractivity contribution in [3.8, 4) is 11.1 Å². The van der Waals surface area contributed by atoms with E-state index in [1.54, 1.807) is 23.1 Å². The van der Waals surface area contributed by atoms with Gasteiger partial charge in [-0.15, -0.1) is 0 Å². The molecular formula is C21H23N7O2. The molecule has 9 nitrogen and oxygen atoms in total. The van der Waals surface area contributed by atoms with E-state index in [2.05, 4.69) is 26.0 Å². The summed E-state index contributed by atoms with van der Waals surface area (Å²) in [6.07, 6.45) is 5.64. The van der Waals surface area contributed by atoms with Crippen molar-refractivity contribution in [2.75, 3.05) is 17.6 Å². The van der Waals surface area contributed by atoms with E-state index in [4.69, 9.17) is 5.73 Å². The van der Waals surface area contributed by atoms with Crippen LogP contribution in [0.5, 0.6) is 0 Å². The minimum Gasteiger partial charge on any atom is -0.383 e. The number of para-hydroxylation sites is 1. The van der Waals surface area contributed by atoms with Crippen molar-refractivity contribution in [2.24, 2.45) is 7.05 Å². The van der Waals surface area contributed by atoms with Gasteiger partial charge in [-0.05, 0) is 24.6 Å². The van der Waals surface area contributed by atoms with Crippen LogP contribution in [-0.4, -0.2) is 45.2 Å². The van der Waals surface area contributed by atoms with Gasteiger partial charge in [0, 0.05) is 48.8 Å². The van der Waals surface area contributed by atoms with E-state index in [0.29, 0.717) is 18.5 Å². The summed E-state index contributed by atoms with van der Waals surface area (Å²) < 4.78 is 1.68. The second-order valence-corrected chi connectivity index (χ2v) is 7.28. The highest BCUT2D eigenvalue weighted by Gasteiger charge is 2.31. The molecule has 154 valence electrons. The maximum absolute atomic E-state index is 12.8. The zero-order valence-electron chi connectivity index (χ0n) is 16.5. The number of aromatic nitrogens is 3. The lowest BCUT2D eigenvalue weighted by molar-refractivity contribution is -0.117. The highest BCUT2D eigenvalue weighted by Crippen LogP contribution is 2.22. The van der Waals surface area contributed by atoms with Gasteiger partial charge in [0.05, 0.1) is 17.8 Å². The van der Waals surface area contributed by atoms with Crippen molar-refractivity contribution < 1.29 is 9.59 Å². The van der Waals surface area contributed by atoms with Crippen LogP contribution < -0.4 is 21.7 Å². The Balaban J connectivity index is 1.39. The molecule has 5 N–H and O–H groups in total. The molecular weight excluding hydrogens is 382 g/mol. The Morgan fingerprint density at radius 3 is 2.73 bits per heavy atom. The number of nitrogen functional groups attached to an aromatic ring is 1. The molecule has 2 atom stereocenters. The molecule has 1 aliphatic rings. The molecule has 4 rings (SSSR count). The summed E-state index contributed by atoms with van der Waals surface area (Å²) >= 11 is 0. The van der Waals surface area contributed by atoms with Gasteiger partial charge in [0.25, 0.3) is 5.91 Å². The molecule has 9 heteroatoms. The molecule has 0 radical (unpaired) electrons. The van der Waals surface area contributed by atoms with Crippen LogP contribution in [0.4, 0.5) is 11.5 Å². The predicted octanol–water partition coefficient (Wildman–Crippen LogP) is 1.16. The summed E-state index contributed by atoms with van der Waals surface area (Å²) in [5, 5.41) is 13.1. The molecule has 1 aromatic carbocycles. The first-order chi connectivity index (χ1) is 14.5. The third kappa shape index (κ3) is 4.31. The molecule has 3 aromatic rings. The van der Waals surface area contributed by atoms with E-state index in [1.165, 1.54) is 0 Å². The number of carbonyl (C=O) groups excluding carboxylic acids is 2. The smallest absolute Gasteiger partial charge is 0.255 e. The SMILES string of the molecule is Cn1cc(-c2cnc(N)c(C(=O)N[C@H]3CN[C@H](C(=O)Nc4ccccc4)C3)c2)cn1. The maximum atomic E-state index is 12.8. The number of anilines is 2. The first-order valence-corrected chi connectivity index (χ1v) is 9.64. The molecule has 0 saturated carbocycles. The summed E-state index contributed by atoms with van der Waals surface area (Å²) in [5.74, 6) is -0.288. The van der Waals surface area contributed by atoms with Crippen LogP contribution in [0.25, 0.3) is 11.1 Å². The van der Waals surface area contributed by atoms with Crippen molar-refractivity contribution in [1.29, 1.82) is 0 Å². The fourth-order valence-corrected chi connectivity index (χ4v) is 3.44. The minimum atomic E-state index is -0.382. The van der Waals surface area contributed by atoms with E-state index in [9.17, 15) is 9.59 Å². The van der Waals surface area contributed by atoms with Crippen molar-refractivity contribution in [1.82, 2.24) is 25.4 Å².